The molecule has 1 aliphatic rings. The Morgan fingerprint density at radius 2 is 2.21 bits per heavy atom. The molecule has 19 heavy (non-hydrogen) atoms. The zero-order valence-electron chi connectivity index (χ0n) is 11.7. The van der Waals surface area contributed by atoms with Gasteiger partial charge in [0, 0.05) is 0 Å². The lowest BCUT2D eigenvalue weighted by molar-refractivity contribution is 0.190. The van der Waals surface area contributed by atoms with Crippen molar-refractivity contribution >= 4 is 0 Å². The highest BCUT2D eigenvalue weighted by Crippen LogP contribution is 2.15. The lowest BCUT2D eigenvalue weighted by atomic mass is 9.99. The van der Waals surface area contributed by atoms with Gasteiger partial charge in [-0.05, 0) is 63.5 Å². The number of likely N-dealkylation sites (tertiary alicyclic amines) is 1. The summed E-state index contributed by atoms with van der Waals surface area (Å²) in [5.41, 5.74) is 0. The van der Waals surface area contributed by atoms with Gasteiger partial charge < -0.3 is 14.6 Å². The summed E-state index contributed by atoms with van der Waals surface area (Å²) in [5.74, 6) is 2.13. The smallest absolute Gasteiger partial charge is 0.203 e. The average molecular weight is 261 g/mol. The molecule has 4 heteroatoms. The van der Waals surface area contributed by atoms with Gasteiger partial charge in [0.25, 0.3) is 0 Å². The molecular weight excluding hydrogens is 238 g/mol. The highest BCUT2D eigenvalue weighted by molar-refractivity contribution is 5.18. The largest absolute Gasteiger partial charge is 0.449 e. The van der Waals surface area contributed by atoms with E-state index in [0.29, 0.717) is 12.3 Å². The van der Waals surface area contributed by atoms with Crippen LogP contribution in [0.3, 0.4) is 0 Å². The molecule has 0 aliphatic carbocycles. The van der Waals surface area contributed by atoms with Crippen molar-refractivity contribution in [3.63, 3.8) is 0 Å². The summed E-state index contributed by atoms with van der Waals surface area (Å²) < 4.78 is 5.31. The van der Waals surface area contributed by atoms with E-state index in [-0.39, 0.29) is 0 Å². The zero-order valence-corrected chi connectivity index (χ0v) is 11.7. The van der Waals surface area contributed by atoms with E-state index in [1.165, 1.54) is 38.9 Å². The number of nitrogens with one attached hydrogen (secondary N) is 1. The molecule has 1 fully saturated rings. The third kappa shape index (κ3) is 4.70. The molecule has 0 aromatic carbocycles. The molecule has 1 aliphatic heterocycles. The standard InChI is InChI=1S/C15H23N3O/c1-13-5-9-18(10-6-13)8-2-7-17-12-15-4-3-14(11-16)19-15/h3-4,13,17H,2,5-10,12H2,1H3. The number of furan rings is 1. The summed E-state index contributed by atoms with van der Waals surface area (Å²) in [6, 6.07) is 5.57. The van der Waals surface area contributed by atoms with E-state index in [1.807, 2.05) is 12.1 Å². The van der Waals surface area contributed by atoms with Crippen LogP contribution < -0.4 is 5.32 Å². The Morgan fingerprint density at radius 3 is 2.89 bits per heavy atom. The third-order valence-corrected chi connectivity index (χ3v) is 3.78. The minimum absolute atomic E-state index is 0.388. The van der Waals surface area contributed by atoms with Crippen LogP contribution in [0, 0.1) is 17.2 Å². The van der Waals surface area contributed by atoms with Gasteiger partial charge in [0.2, 0.25) is 5.76 Å². The van der Waals surface area contributed by atoms with Crippen molar-refractivity contribution in [2.24, 2.45) is 5.92 Å². The van der Waals surface area contributed by atoms with E-state index < -0.39 is 0 Å². The van der Waals surface area contributed by atoms with Gasteiger partial charge in [-0.25, -0.2) is 0 Å². The first-order valence-corrected chi connectivity index (χ1v) is 7.20. The Balaban J connectivity index is 1.54. The van der Waals surface area contributed by atoms with Crippen LogP contribution in [0.4, 0.5) is 0 Å². The Kier molecular flexibility index (Phi) is 5.44. The van der Waals surface area contributed by atoms with Crippen molar-refractivity contribution in [1.29, 1.82) is 5.26 Å². The van der Waals surface area contributed by atoms with Gasteiger partial charge in [-0.3, -0.25) is 0 Å². The second kappa shape index (κ2) is 7.32. The Labute approximate surface area is 115 Å². The van der Waals surface area contributed by atoms with Crippen molar-refractivity contribution in [1.82, 2.24) is 10.2 Å². The highest BCUT2D eigenvalue weighted by atomic mass is 16.3. The Hall–Kier alpha value is -1.31. The summed E-state index contributed by atoms with van der Waals surface area (Å²) in [4.78, 5) is 2.56. The summed E-state index contributed by atoms with van der Waals surface area (Å²) in [5, 5.41) is 12.0. The Bertz CT molecular complexity index is 413. The first-order valence-electron chi connectivity index (χ1n) is 7.20. The van der Waals surface area contributed by atoms with E-state index >= 15 is 0 Å². The van der Waals surface area contributed by atoms with E-state index in [2.05, 4.69) is 17.1 Å². The van der Waals surface area contributed by atoms with Gasteiger partial charge in [0.05, 0.1) is 6.54 Å². The topological polar surface area (TPSA) is 52.2 Å². The van der Waals surface area contributed by atoms with Crippen LogP contribution in [0.25, 0.3) is 0 Å². The van der Waals surface area contributed by atoms with Gasteiger partial charge in [-0.15, -0.1) is 0 Å². The molecule has 0 spiro atoms. The van der Waals surface area contributed by atoms with Crippen molar-refractivity contribution < 1.29 is 4.42 Å². The van der Waals surface area contributed by atoms with E-state index in [1.54, 1.807) is 6.07 Å². The van der Waals surface area contributed by atoms with Gasteiger partial charge in [-0.2, -0.15) is 5.26 Å². The quantitative estimate of drug-likeness (QED) is 0.799. The molecule has 0 atom stereocenters. The summed E-state index contributed by atoms with van der Waals surface area (Å²) in [6.07, 6.45) is 3.85. The highest BCUT2D eigenvalue weighted by Gasteiger charge is 2.14. The molecule has 0 radical (unpaired) electrons. The number of hydrogen-bond acceptors (Lipinski definition) is 4. The predicted octanol–water partition coefficient (Wildman–Crippen LogP) is 2.36. The number of rotatable bonds is 6. The van der Waals surface area contributed by atoms with Crippen molar-refractivity contribution in [2.45, 2.75) is 32.7 Å². The first-order chi connectivity index (χ1) is 9.28. The van der Waals surface area contributed by atoms with Crippen LogP contribution in [-0.4, -0.2) is 31.1 Å². The molecule has 0 amide bonds. The zero-order chi connectivity index (χ0) is 13.5. The SMILES string of the molecule is CC1CCN(CCCNCc2ccc(C#N)o2)CC1. The van der Waals surface area contributed by atoms with E-state index in [9.17, 15) is 0 Å². The monoisotopic (exact) mass is 261 g/mol. The van der Waals surface area contributed by atoms with Gasteiger partial charge in [0.1, 0.15) is 11.8 Å². The summed E-state index contributed by atoms with van der Waals surface area (Å²) in [6.45, 7) is 7.74. The molecule has 1 N–H and O–H groups in total. The second-order valence-corrected chi connectivity index (χ2v) is 5.43. The molecule has 1 saturated heterocycles. The molecule has 0 saturated carbocycles. The molecular formula is C15H23N3O. The lowest BCUT2D eigenvalue weighted by Crippen LogP contribution is -2.34. The van der Waals surface area contributed by atoms with Crippen molar-refractivity contribution in [3.05, 3.63) is 23.7 Å². The number of nitriles is 1. The first kappa shape index (κ1) is 14.1. The van der Waals surface area contributed by atoms with Crippen LogP contribution in [-0.2, 0) is 6.54 Å². The lowest BCUT2D eigenvalue weighted by Gasteiger charge is -2.30. The maximum absolute atomic E-state index is 8.65. The molecule has 0 unspecified atom stereocenters. The van der Waals surface area contributed by atoms with E-state index in [0.717, 1.165) is 18.2 Å². The van der Waals surface area contributed by atoms with Gasteiger partial charge >= 0.3 is 0 Å². The molecule has 1 aromatic rings. The maximum Gasteiger partial charge on any atom is 0.203 e. The van der Waals surface area contributed by atoms with Crippen LogP contribution in [0.15, 0.2) is 16.5 Å². The van der Waals surface area contributed by atoms with Crippen molar-refractivity contribution in [3.8, 4) is 6.07 Å². The molecule has 2 rings (SSSR count). The number of piperidine rings is 1. The summed E-state index contributed by atoms with van der Waals surface area (Å²) in [7, 11) is 0. The molecule has 4 nitrogen and oxygen atoms in total. The summed E-state index contributed by atoms with van der Waals surface area (Å²) >= 11 is 0. The van der Waals surface area contributed by atoms with Crippen molar-refractivity contribution in [2.75, 3.05) is 26.2 Å². The fourth-order valence-electron chi connectivity index (χ4n) is 2.46. The van der Waals surface area contributed by atoms with Crippen LogP contribution in [0.1, 0.15) is 37.7 Å². The van der Waals surface area contributed by atoms with Gasteiger partial charge in [0.15, 0.2) is 0 Å². The van der Waals surface area contributed by atoms with Gasteiger partial charge in [-0.1, -0.05) is 6.92 Å². The predicted molar refractivity (Wildman–Crippen MR) is 74.6 cm³/mol. The minimum Gasteiger partial charge on any atom is -0.449 e. The second-order valence-electron chi connectivity index (χ2n) is 5.43. The molecule has 0 bridgehead atoms. The van der Waals surface area contributed by atoms with Crippen LogP contribution >= 0.6 is 0 Å². The van der Waals surface area contributed by atoms with E-state index in [4.69, 9.17) is 9.68 Å². The number of hydrogen-bond donors (Lipinski definition) is 1. The fourth-order valence-corrected chi connectivity index (χ4v) is 2.46. The van der Waals surface area contributed by atoms with Crippen LogP contribution in [0.2, 0.25) is 0 Å². The number of nitrogens with zero attached hydrogens (tertiary/aromatic N) is 2. The molecule has 2 heterocycles. The maximum atomic E-state index is 8.65. The fraction of sp³-hybridized carbons (Fsp3) is 0.667. The normalized spacial score (nSPS) is 17.5. The molecule has 104 valence electrons. The Morgan fingerprint density at radius 1 is 1.42 bits per heavy atom. The van der Waals surface area contributed by atoms with Crippen LogP contribution in [0.5, 0.6) is 0 Å². The average Bonchev–Trinajstić information content (AvgIpc) is 2.88. The third-order valence-electron chi connectivity index (χ3n) is 3.78. The minimum atomic E-state index is 0.388. The molecule has 1 aromatic heterocycles.